The number of hydrogen-bond donors (Lipinski definition) is 2. The van der Waals surface area contributed by atoms with E-state index >= 15 is 0 Å². The lowest BCUT2D eigenvalue weighted by Crippen LogP contribution is -2.23. The first kappa shape index (κ1) is 13.2. The summed E-state index contributed by atoms with van der Waals surface area (Å²) in [6.07, 6.45) is 0. The van der Waals surface area contributed by atoms with Crippen molar-refractivity contribution >= 4 is 28.8 Å². The summed E-state index contributed by atoms with van der Waals surface area (Å²) in [5.74, 6) is -0.324. The van der Waals surface area contributed by atoms with Crippen LogP contribution >= 0.6 is 11.3 Å². The minimum Gasteiger partial charge on any atom is -0.347 e. The monoisotopic (exact) mass is 275 g/mol. The molecule has 1 heterocycles. The Labute approximate surface area is 114 Å². The van der Waals surface area contributed by atoms with E-state index in [0.29, 0.717) is 17.9 Å². The highest BCUT2D eigenvalue weighted by Gasteiger charge is 2.07. The Hall–Kier alpha value is -2.21. The lowest BCUT2D eigenvalue weighted by molar-refractivity contribution is -0.114. The van der Waals surface area contributed by atoms with E-state index in [-0.39, 0.29) is 11.8 Å². The van der Waals surface area contributed by atoms with Gasteiger partial charge in [0.2, 0.25) is 5.91 Å². The van der Waals surface area contributed by atoms with Gasteiger partial charge >= 0.3 is 0 Å². The first-order valence-corrected chi connectivity index (χ1v) is 6.62. The van der Waals surface area contributed by atoms with Crippen molar-refractivity contribution in [2.24, 2.45) is 0 Å². The van der Waals surface area contributed by atoms with Crippen molar-refractivity contribution in [1.29, 1.82) is 0 Å². The van der Waals surface area contributed by atoms with Gasteiger partial charge in [-0.2, -0.15) is 0 Å². The molecular weight excluding hydrogens is 262 g/mol. The Morgan fingerprint density at radius 2 is 2.21 bits per heavy atom. The first-order chi connectivity index (χ1) is 9.15. The van der Waals surface area contributed by atoms with Gasteiger partial charge in [-0.1, -0.05) is 12.1 Å². The molecule has 2 amide bonds. The van der Waals surface area contributed by atoms with Crippen LogP contribution in [0.2, 0.25) is 0 Å². The number of rotatable bonds is 4. The lowest BCUT2D eigenvalue weighted by atomic mass is 10.2. The summed E-state index contributed by atoms with van der Waals surface area (Å²) in [6.45, 7) is 1.85. The van der Waals surface area contributed by atoms with Crippen molar-refractivity contribution in [3.05, 3.63) is 46.4 Å². The molecule has 0 aliphatic rings. The van der Waals surface area contributed by atoms with E-state index in [1.807, 2.05) is 18.2 Å². The van der Waals surface area contributed by atoms with E-state index in [2.05, 4.69) is 15.6 Å². The largest absolute Gasteiger partial charge is 0.347 e. The van der Waals surface area contributed by atoms with Gasteiger partial charge < -0.3 is 10.6 Å². The fourth-order valence-corrected chi connectivity index (χ4v) is 2.09. The predicted molar refractivity (Wildman–Crippen MR) is 74.0 cm³/mol. The van der Waals surface area contributed by atoms with Crippen molar-refractivity contribution in [2.75, 3.05) is 5.32 Å². The normalized spacial score (nSPS) is 9.95. The molecule has 0 spiro atoms. The summed E-state index contributed by atoms with van der Waals surface area (Å²) in [6, 6.07) is 7.33. The Morgan fingerprint density at radius 1 is 1.37 bits per heavy atom. The van der Waals surface area contributed by atoms with Gasteiger partial charge in [0.1, 0.15) is 5.69 Å². The van der Waals surface area contributed by atoms with Crippen molar-refractivity contribution in [2.45, 2.75) is 13.5 Å². The van der Waals surface area contributed by atoms with Gasteiger partial charge in [-0.3, -0.25) is 9.59 Å². The maximum atomic E-state index is 11.7. The fourth-order valence-electron chi connectivity index (χ4n) is 1.56. The van der Waals surface area contributed by atoms with Gasteiger partial charge in [0.05, 0.1) is 5.51 Å². The molecule has 98 valence electrons. The zero-order valence-electron chi connectivity index (χ0n) is 10.3. The SMILES string of the molecule is CC(=O)Nc1cccc(CNC(=O)c2cscn2)c1. The summed E-state index contributed by atoms with van der Waals surface area (Å²) in [5, 5.41) is 7.17. The second-order valence-corrected chi connectivity index (χ2v) is 4.66. The molecule has 5 nitrogen and oxygen atoms in total. The minimum absolute atomic E-state index is 0.122. The number of anilines is 1. The van der Waals surface area contributed by atoms with Crippen LogP contribution in [0.3, 0.4) is 0 Å². The summed E-state index contributed by atoms with van der Waals surface area (Å²) in [4.78, 5) is 26.6. The lowest BCUT2D eigenvalue weighted by Gasteiger charge is -2.06. The summed E-state index contributed by atoms with van der Waals surface area (Å²) >= 11 is 1.38. The maximum absolute atomic E-state index is 11.7. The number of aromatic nitrogens is 1. The summed E-state index contributed by atoms with van der Waals surface area (Å²) < 4.78 is 0. The molecule has 0 aliphatic heterocycles. The zero-order chi connectivity index (χ0) is 13.7. The van der Waals surface area contributed by atoms with Crippen LogP contribution in [0.15, 0.2) is 35.2 Å². The number of benzene rings is 1. The van der Waals surface area contributed by atoms with Crippen LogP contribution in [0.4, 0.5) is 5.69 Å². The number of nitrogens with one attached hydrogen (secondary N) is 2. The van der Waals surface area contributed by atoms with Crippen molar-refractivity contribution in [3.8, 4) is 0 Å². The molecule has 0 fully saturated rings. The van der Waals surface area contributed by atoms with Crippen LogP contribution < -0.4 is 10.6 Å². The number of hydrogen-bond acceptors (Lipinski definition) is 4. The predicted octanol–water partition coefficient (Wildman–Crippen LogP) is 2.03. The molecule has 0 unspecified atom stereocenters. The van der Waals surface area contributed by atoms with Gasteiger partial charge in [-0.05, 0) is 17.7 Å². The molecule has 0 bridgehead atoms. The van der Waals surface area contributed by atoms with Crippen LogP contribution in [-0.4, -0.2) is 16.8 Å². The van der Waals surface area contributed by atoms with Crippen LogP contribution in [0.25, 0.3) is 0 Å². The molecule has 1 aromatic carbocycles. The van der Waals surface area contributed by atoms with E-state index in [1.165, 1.54) is 18.3 Å². The fraction of sp³-hybridized carbons (Fsp3) is 0.154. The molecule has 6 heteroatoms. The van der Waals surface area contributed by atoms with E-state index < -0.39 is 0 Å². The van der Waals surface area contributed by atoms with E-state index in [0.717, 1.165) is 5.56 Å². The van der Waals surface area contributed by atoms with Gasteiger partial charge in [0.15, 0.2) is 0 Å². The van der Waals surface area contributed by atoms with Crippen molar-refractivity contribution in [3.63, 3.8) is 0 Å². The minimum atomic E-state index is -0.203. The molecule has 0 atom stereocenters. The van der Waals surface area contributed by atoms with Gasteiger partial charge in [-0.25, -0.2) is 4.98 Å². The van der Waals surface area contributed by atoms with Crippen LogP contribution in [0.1, 0.15) is 23.0 Å². The van der Waals surface area contributed by atoms with Gasteiger partial charge in [-0.15, -0.1) is 11.3 Å². The molecular formula is C13H13N3O2S. The quantitative estimate of drug-likeness (QED) is 0.897. The highest BCUT2D eigenvalue weighted by molar-refractivity contribution is 7.07. The topological polar surface area (TPSA) is 71.1 Å². The summed E-state index contributed by atoms with van der Waals surface area (Å²) in [5.41, 5.74) is 3.66. The van der Waals surface area contributed by atoms with Gasteiger partial charge in [0, 0.05) is 24.5 Å². The molecule has 2 N–H and O–H groups in total. The maximum Gasteiger partial charge on any atom is 0.271 e. The molecule has 1 aromatic heterocycles. The molecule has 0 aliphatic carbocycles. The Kier molecular flexibility index (Phi) is 4.25. The Morgan fingerprint density at radius 3 is 2.89 bits per heavy atom. The van der Waals surface area contributed by atoms with E-state index in [9.17, 15) is 9.59 Å². The molecule has 19 heavy (non-hydrogen) atoms. The number of carbonyl (C=O) groups is 2. The van der Waals surface area contributed by atoms with Gasteiger partial charge in [0.25, 0.3) is 5.91 Å². The number of thiazole rings is 1. The van der Waals surface area contributed by atoms with Crippen molar-refractivity contribution in [1.82, 2.24) is 10.3 Å². The third-order valence-corrected chi connectivity index (χ3v) is 2.95. The molecule has 2 rings (SSSR count). The number of amides is 2. The second kappa shape index (κ2) is 6.10. The standard InChI is InChI=1S/C13H13N3O2S/c1-9(17)16-11-4-2-3-10(5-11)6-14-13(18)12-7-19-8-15-12/h2-5,7-8H,6H2,1H3,(H,14,18)(H,16,17). The van der Waals surface area contributed by atoms with E-state index in [1.54, 1.807) is 17.0 Å². The third-order valence-electron chi connectivity index (χ3n) is 2.37. The van der Waals surface area contributed by atoms with Crippen molar-refractivity contribution < 1.29 is 9.59 Å². The Balaban J connectivity index is 1.96. The second-order valence-electron chi connectivity index (χ2n) is 3.94. The van der Waals surface area contributed by atoms with Crippen LogP contribution in [-0.2, 0) is 11.3 Å². The Bertz CT molecular complexity index is 581. The van der Waals surface area contributed by atoms with Crippen LogP contribution in [0, 0.1) is 0 Å². The molecule has 0 saturated heterocycles. The first-order valence-electron chi connectivity index (χ1n) is 5.68. The van der Waals surface area contributed by atoms with E-state index in [4.69, 9.17) is 0 Å². The summed E-state index contributed by atoms with van der Waals surface area (Å²) in [7, 11) is 0. The average molecular weight is 275 g/mol. The van der Waals surface area contributed by atoms with Crippen LogP contribution in [0.5, 0.6) is 0 Å². The molecule has 0 saturated carbocycles. The third kappa shape index (κ3) is 3.89. The number of carbonyl (C=O) groups excluding carboxylic acids is 2. The zero-order valence-corrected chi connectivity index (χ0v) is 11.2. The smallest absolute Gasteiger partial charge is 0.271 e. The average Bonchev–Trinajstić information content (AvgIpc) is 2.89. The highest BCUT2D eigenvalue weighted by atomic mass is 32.1. The molecule has 2 aromatic rings. The number of nitrogens with zero attached hydrogens (tertiary/aromatic N) is 1. The highest BCUT2D eigenvalue weighted by Crippen LogP contribution is 2.10. The molecule has 0 radical (unpaired) electrons.